The van der Waals surface area contributed by atoms with Crippen LogP contribution in [0.25, 0.3) is 0 Å². The predicted octanol–water partition coefficient (Wildman–Crippen LogP) is 10.8. The summed E-state index contributed by atoms with van der Waals surface area (Å²) in [7, 11) is -4.82. The molecule has 0 amide bonds. The molecule has 0 aliphatic carbocycles. The van der Waals surface area contributed by atoms with Gasteiger partial charge in [0.1, 0.15) is 10.1 Å². The first-order chi connectivity index (χ1) is 26.3. The van der Waals surface area contributed by atoms with Gasteiger partial charge in [0.25, 0.3) is 0 Å². The van der Waals surface area contributed by atoms with E-state index in [9.17, 15) is 22.6 Å². The van der Waals surface area contributed by atoms with Crippen LogP contribution in [0.3, 0.4) is 0 Å². The van der Waals surface area contributed by atoms with E-state index in [1.165, 1.54) is 147 Å². The molecule has 0 N–H and O–H groups in total. The quantitative estimate of drug-likeness (QED) is 0.0216. The maximum atomic E-state index is 12.9. The molecule has 0 heterocycles. The molecule has 0 bridgehead atoms. The number of hydrogen-bond donors (Lipinski definition) is 0. The summed E-state index contributed by atoms with van der Waals surface area (Å²) in [6.07, 6.45) is 45.0. The summed E-state index contributed by atoms with van der Waals surface area (Å²) < 4.78 is 45.8. The van der Waals surface area contributed by atoms with E-state index in [0.29, 0.717) is 12.8 Å². The Morgan fingerprint density at radius 3 is 1.15 bits per heavy atom. The summed E-state index contributed by atoms with van der Waals surface area (Å²) in [5, 5.41) is 0. The van der Waals surface area contributed by atoms with Crippen molar-refractivity contribution in [2.75, 3.05) is 13.2 Å². The Kier molecular flexibility index (Phi) is 38.1. The number of carbonyl (C=O) groups is 2. The van der Waals surface area contributed by atoms with Gasteiger partial charge in [-0.05, 0) is 82.4 Å². The molecule has 0 saturated heterocycles. The maximum absolute atomic E-state index is 12.9. The van der Waals surface area contributed by atoms with Gasteiger partial charge in [-0.25, -0.2) is 18.0 Å². The molecule has 0 aliphatic rings. The zero-order valence-corrected chi connectivity index (χ0v) is 39.4. The van der Waals surface area contributed by atoms with Crippen LogP contribution in [0.1, 0.15) is 227 Å². The zero-order valence-electron chi connectivity index (χ0n) is 35.4. The van der Waals surface area contributed by atoms with Crippen LogP contribution in [0.2, 0.25) is 0 Å². The molecule has 0 atom stereocenters. The SMILES string of the molecule is CCCCCCC/C=C/CCCCCCCCCCOC(=O)c1ccc(S(=O)(=O)[O-])cc1C(=O)OCCCCCCCCCC/C=C/CCCCCCC.[K+]. The minimum Gasteiger partial charge on any atom is -0.744 e. The largest absolute Gasteiger partial charge is 1.00 e. The van der Waals surface area contributed by atoms with Gasteiger partial charge < -0.3 is 14.0 Å². The van der Waals surface area contributed by atoms with E-state index < -0.39 is 27.0 Å². The first kappa shape index (κ1) is 54.2. The summed E-state index contributed by atoms with van der Waals surface area (Å²) in [6.45, 7) is 4.86. The number of rotatable bonds is 37. The minimum absolute atomic E-state index is 0. The van der Waals surface area contributed by atoms with E-state index in [1.54, 1.807) is 0 Å². The van der Waals surface area contributed by atoms with Crippen LogP contribution in [0.15, 0.2) is 47.4 Å². The van der Waals surface area contributed by atoms with E-state index in [0.717, 1.165) is 50.7 Å². The third kappa shape index (κ3) is 31.8. The monoisotopic (exact) mass is 813 g/mol. The predicted molar refractivity (Wildman–Crippen MR) is 223 cm³/mol. The average molecular weight is 813 g/mol. The number of hydrogen-bond acceptors (Lipinski definition) is 7. The number of allylic oxidation sites excluding steroid dienone is 4. The molecular formula is C46H77KO7S. The molecular weight excluding hydrogens is 736 g/mol. The molecule has 0 aliphatic heterocycles. The van der Waals surface area contributed by atoms with E-state index in [1.807, 2.05) is 0 Å². The van der Waals surface area contributed by atoms with E-state index in [2.05, 4.69) is 38.2 Å². The topological polar surface area (TPSA) is 110 Å². The Hall–Kier alpha value is -0.814. The van der Waals surface area contributed by atoms with Crippen LogP contribution in [-0.2, 0) is 19.6 Å². The van der Waals surface area contributed by atoms with Gasteiger partial charge in [-0.2, -0.15) is 0 Å². The van der Waals surface area contributed by atoms with Gasteiger partial charge in [0.2, 0.25) is 0 Å². The molecule has 0 radical (unpaired) electrons. The molecule has 0 unspecified atom stereocenters. The Labute approximate surface area is 380 Å². The van der Waals surface area contributed by atoms with Crippen LogP contribution in [0.5, 0.6) is 0 Å². The number of carbonyl (C=O) groups excluding carboxylic acids is 2. The molecule has 0 saturated carbocycles. The van der Waals surface area contributed by atoms with Crippen molar-refractivity contribution in [3.05, 3.63) is 53.6 Å². The number of esters is 2. The number of benzene rings is 1. The standard InChI is InChI=1S/C46H78O7S.K/c1-3-5-7-9-11-13-15-17-19-21-23-25-27-29-31-33-35-39-52-45(47)43-38-37-42(54(49,50)51)41-44(43)46(48)53-40-36-34-32-30-28-26-24-22-20-18-16-14-12-10-8-6-4-2;/h15-18,37-38,41H,3-14,19-36,39-40H2,1-2H3,(H,49,50,51);/q;+1/p-1/b17-15+,18-16+;. The molecule has 1 rings (SSSR count). The van der Waals surface area contributed by atoms with Crippen molar-refractivity contribution in [2.24, 2.45) is 0 Å². The van der Waals surface area contributed by atoms with E-state index in [4.69, 9.17) is 9.47 Å². The summed E-state index contributed by atoms with van der Waals surface area (Å²) in [5.74, 6) is -1.55. The normalized spacial score (nSPS) is 11.7. The second kappa shape index (κ2) is 38.7. The zero-order chi connectivity index (χ0) is 39.4. The smallest absolute Gasteiger partial charge is 0.744 e. The first-order valence-corrected chi connectivity index (χ1v) is 23.5. The molecule has 7 nitrogen and oxygen atoms in total. The number of ether oxygens (including phenoxy) is 2. The van der Waals surface area contributed by atoms with Gasteiger partial charge in [-0.3, -0.25) is 0 Å². The van der Waals surface area contributed by atoms with Gasteiger partial charge in [-0.15, -0.1) is 0 Å². The Morgan fingerprint density at radius 2 is 0.800 bits per heavy atom. The number of unbranched alkanes of at least 4 members (excludes halogenated alkanes) is 26. The van der Waals surface area contributed by atoms with Crippen molar-refractivity contribution in [2.45, 2.75) is 211 Å². The molecule has 0 aromatic heterocycles. The van der Waals surface area contributed by atoms with Crippen molar-refractivity contribution in [3.63, 3.8) is 0 Å². The van der Waals surface area contributed by atoms with E-state index >= 15 is 0 Å². The van der Waals surface area contributed by atoms with Crippen molar-refractivity contribution in [1.82, 2.24) is 0 Å². The van der Waals surface area contributed by atoms with Gasteiger partial charge in [0.15, 0.2) is 0 Å². The van der Waals surface area contributed by atoms with Crippen LogP contribution in [0.4, 0.5) is 0 Å². The molecule has 55 heavy (non-hydrogen) atoms. The maximum Gasteiger partial charge on any atom is 1.00 e. The Bertz CT molecular complexity index is 1240. The summed E-state index contributed by atoms with van der Waals surface area (Å²) in [4.78, 5) is 25.2. The van der Waals surface area contributed by atoms with E-state index in [-0.39, 0.29) is 75.7 Å². The average Bonchev–Trinajstić information content (AvgIpc) is 3.16. The van der Waals surface area contributed by atoms with Crippen molar-refractivity contribution >= 4 is 22.1 Å². The summed E-state index contributed by atoms with van der Waals surface area (Å²) in [5.41, 5.74) is -0.344. The van der Waals surface area contributed by atoms with Crippen LogP contribution < -0.4 is 51.4 Å². The Balaban J connectivity index is 0.0000292. The molecule has 0 fully saturated rings. The van der Waals surface area contributed by atoms with Crippen LogP contribution >= 0.6 is 0 Å². The molecule has 9 heteroatoms. The Morgan fingerprint density at radius 1 is 0.491 bits per heavy atom. The van der Waals surface area contributed by atoms with Crippen molar-refractivity contribution in [1.29, 1.82) is 0 Å². The molecule has 310 valence electrons. The van der Waals surface area contributed by atoms with Crippen molar-refractivity contribution < 1.29 is 83.4 Å². The van der Waals surface area contributed by atoms with Gasteiger partial charge in [0.05, 0.1) is 29.2 Å². The van der Waals surface area contributed by atoms with Gasteiger partial charge >= 0.3 is 63.3 Å². The third-order valence-corrected chi connectivity index (χ3v) is 10.8. The third-order valence-electron chi connectivity index (χ3n) is 10.00. The molecule has 1 aromatic rings. The fourth-order valence-electron chi connectivity index (χ4n) is 6.56. The second-order valence-corrected chi connectivity index (χ2v) is 16.4. The minimum atomic E-state index is -4.82. The molecule has 1 aromatic carbocycles. The van der Waals surface area contributed by atoms with Crippen LogP contribution in [-0.4, -0.2) is 38.1 Å². The van der Waals surface area contributed by atoms with Crippen molar-refractivity contribution in [3.8, 4) is 0 Å². The van der Waals surface area contributed by atoms with Crippen LogP contribution in [0, 0.1) is 0 Å². The molecule has 0 spiro atoms. The second-order valence-electron chi connectivity index (χ2n) is 15.0. The fourth-order valence-corrected chi connectivity index (χ4v) is 7.06. The summed E-state index contributed by atoms with van der Waals surface area (Å²) in [6, 6.07) is 3.13. The fraction of sp³-hybridized carbons (Fsp3) is 0.739. The van der Waals surface area contributed by atoms with Gasteiger partial charge in [-0.1, -0.05) is 167 Å². The van der Waals surface area contributed by atoms with Gasteiger partial charge in [0, 0.05) is 0 Å². The summed E-state index contributed by atoms with van der Waals surface area (Å²) >= 11 is 0. The first-order valence-electron chi connectivity index (χ1n) is 22.0.